The maximum Gasteiger partial charge on any atom is 0.264 e. The van der Waals surface area contributed by atoms with Gasteiger partial charge in [-0.2, -0.15) is 4.39 Å². The van der Waals surface area contributed by atoms with Gasteiger partial charge in [-0.05, 0) is 24.6 Å². The van der Waals surface area contributed by atoms with E-state index in [1.54, 1.807) is 43.3 Å². The van der Waals surface area contributed by atoms with Crippen LogP contribution in [0.2, 0.25) is 0 Å². The molecule has 0 fully saturated rings. The Hall–Kier alpha value is -2.40. The molecule has 3 N–H and O–H groups in total. The number of nitrogens with one attached hydrogen (secondary N) is 1. The van der Waals surface area contributed by atoms with Gasteiger partial charge >= 0.3 is 0 Å². The monoisotopic (exact) mass is 302 g/mol. The van der Waals surface area contributed by atoms with E-state index in [2.05, 4.69) is 5.32 Å². The first-order chi connectivity index (χ1) is 10.6. The molecule has 0 aliphatic rings. The smallest absolute Gasteiger partial charge is 0.264 e. The molecule has 2 rings (SSSR count). The van der Waals surface area contributed by atoms with Gasteiger partial charge in [0.05, 0.1) is 6.04 Å². The average Bonchev–Trinajstić information content (AvgIpc) is 2.54. The van der Waals surface area contributed by atoms with Gasteiger partial charge in [-0.1, -0.05) is 42.5 Å². The molecular weight excluding hydrogens is 283 g/mol. The maximum absolute atomic E-state index is 14.0. The molecule has 5 heteroatoms. The number of benzene rings is 2. The number of ether oxygens (including phenoxy) is 1. The number of nitrogens with two attached hydrogens (primary N) is 1. The number of primary amides is 1. The lowest BCUT2D eigenvalue weighted by molar-refractivity contribution is -0.119. The highest BCUT2D eigenvalue weighted by molar-refractivity contribution is 5.79. The van der Waals surface area contributed by atoms with Crippen molar-refractivity contribution in [1.29, 1.82) is 0 Å². The van der Waals surface area contributed by atoms with Crippen LogP contribution >= 0.6 is 0 Å². The van der Waals surface area contributed by atoms with E-state index in [9.17, 15) is 9.18 Å². The van der Waals surface area contributed by atoms with Gasteiger partial charge in [0.1, 0.15) is 5.75 Å². The Balaban J connectivity index is 1.90. The molecule has 0 aliphatic heterocycles. The molecule has 0 bridgehead atoms. The fourth-order valence-corrected chi connectivity index (χ4v) is 1.85. The van der Waals surface area contributed by atoms with Crippen LogP contribution in [0.1, 0.15) is 24.4 Å². The van der Waals surface area contributed by atoms with Crippen LogP contribution in [0, 0.1) is 0 Å². The van der Waals surface area contributed by atoms with Crippen LogP contribution in [0.25, 0.3) is 0 Å². The Labute approximate surface area is 129 Å². The summed E-state index contributed by atoms with van der Waals surface area (Å²) in [4.78, 5) is 10.9. The second kappa shape index (κ2) is 7.56. The molecule has 0 heterocycles. The van der Waals surface area contributed by atoms with Crippen molar-refractivity contribution < 1.29 is 13.9 Å². The summed E-state index contributed by atoms with van der Waals surface area (Å²) in [6.07, 6.45) is -1.50. The molecule has 0 aromatic heterocycles. The van der Waals surface area contributed by atoms with Crippen molar-refractivity contribution in [2.45, 2.75) is 25.9 Å². The molecule has 0 saturated heterocycles. The fraction of sp³-hybridized carbons (Fsp3) is 0.235. The molecule has 2 atom stereocenters. The van der Waals surface area contributed by atoms with Crippen LogP contribution in [0.5, 0.6) is 5.75 Å². The topological polar surface area (TPSA) is 64.3 Å². The number of carbonyl (C=O) groups is 1. The lowest BCUT2D eigenvalue weighted by Gasteiger charge is -2.13. The van der Waals surface area contributed by atoms with Crippen molar-refractivity contribution in [3.63, 3.8) is 0 Å². The third kappa shape index (κ3) is 4.56. The zero-order chi connectivity index (χ0) is 15.9. The number of hydrogen-bond acceptors (Lipinski definition) is 3. The van der Waals surface area contributed by atoms with Crippen molar-refractivity contribution >= 4 is 5.91 Å². The molecule has 116 valence electrons. The molecule has 1 unspecified atom stereocenters. The van der Waals surface area contributed by atoms with Crippen molar-refractivity contribution in [1.82, 2.24) is 5.32 Å². The quantitative estimate of drug-likeness (QED) is 0.826. The van der Waals surface area contributed by atoms with Gasteiger partial charge in [0.25, 0.3) is 6.36 Å². The molecule has 22 heavy (non-hydrogen) atoms. The van der Waals surface area contributed by atoms with Crippen LogP contribution in [0.4, 0.5) is 4.39 Å². The van der Waals surface area contributed by atoms with Gasteiger partial charge in [-0.15, -0.1) is 0 Å². The molecule has 0 saturated carbocycles. The summed E-state index contributed by atoms with van der Waals surface area (Å²) in [5, 5.41) is 3.00. The van der Waals surface area contributed by atoms with E-state index in [1.807, 2.05) is 18.2 Å². The van der Waals surface area contributed by atoms with Crippen molar-refractivity contribution in [3.05, 3.63) is 65.7 Å². The largest absolute Gasteiger partial charge is 0.456 e. The molecule has 0 radical (unpaired) electrons. The number of hydrogen-bond donors (Lipinski definition) is 2. The van der Waals surface area contributed by atoms with Gasteiger partial charge < -0.3 is 15.8 Å². The lowest BCUT2D eigenvalue weighted by atomic mass is 10.2. The second-order valence-corrected chi connectivity index (χ2v) is 4.99. The predicted octanol–water partition coefficient (Wildman–Crippen LogP) is 2.70. The highest BCUT2D eigenvalue weighted by Gasteiger charge is 2.11. The first-order valence-corrected chi connectivity index (χ1v) is 7.03. The normalized spacial score (nSPS) is 13.4. The van der Waals surface area contributed by atoms with Crippen molar-refractivity contribution in [3.8, 4) is 5.75 Å². The fourth-order valence-electron chi connectivity index (χ4n) is 1.85. The number of amides is 1. The molecule has 4 nitrogen and oxygen atoms in total. The van der Waals surface area contributed by atoms with Crippen molar-refractivity contribution in [2.24, 2.45) is 5.73 Å². The predicted molar refractivity (Wildman–Crippen MR) is 82.9 cm³/mol. The maximum atomic E-state index is 14.0. The Morgan fingerprint density at radius 2 is 1.82 bits per heavy atom. The standard InChI is InChI=1S/C17H19FN2O2/c1-12(17(19)21)20-11-13-7-9-15(10-8-13)22-16(18)14-5-3-2-4-6-14/h2-10,12,16,20H,11H2,1H3,(H2,19,21)/t12?,16-/m1/s1. The molecular formula is C17H19FN2O2. The van der Waals surface area contributed by atoms with E-state index in [0.717, 1.165) is 5.56 Å². The number of alkyl halides is 1. The van der Waals surface area contributed by atoms with E-state index in [-0.39, 0.29) is 0 Å². The van der Waals surface area contributed by atoms with E-state index in [4.69, 9.17) is 10.5 Å². The summed E-state index contributed by atoms with van der Waals surface area (Å²) in [7, 11) is 0. The summed E-state index contributed by atoms with van der Waals surface area (Å²) in [5.41, 5.74) is 6.60. The van der Waals surface area contributed by atoms with E-state index >= 15 is 0 Å². The summed E-state index contributed by atoms with van der Waals surface area (Å²) in [6, 6.07) is 15.3. The van der Waals surface area contributed by atoms with Crippen LogP contribution in [0.15, 0.2) is 54.6 Å². The van der Waals surface area contributed by atoms with E-state index < -0.39 is 18.3 Å². The van der Waals surface area contributed by atoms with Crippen LogP contribution < -0.4 is 15.8 Å². The molecule has 2 aromatic carbocycles. The van der Waals surface area contributed by atoms with Crippen LogP contribution in [-0.2, 0) is 11.3 Å². The third-order valence-electron chi connectivity index (χ3n) is 3.26. The minimum Gasteiger partial charge on any atom is -0.456 e. The Kier molecular flexibility index (Phi) is 5.49. The van der Waals surface area contributed by atoms with Gasteiger partial charge in [0.2, 0.25) is 5.91 Å². The lowest BCUT2D eigenvalue weighted by Crippen LogP contribution is -2.38. The number of carbonyl (C=O) groups excluding carboxylic acids is 1. The Morgan fingerprint density at radius 3 is 2.41 bits per heavy atom. The third-order valence-corrected chi connectivity index (χ3v) is 3.26. The van der Waals surface area contributed by atoms with Gasteiger partial charge in [-0.25, -0.2) is 0 Å². The molecule has 2 aromatic rings. The highest BCUT2D eigenvalue weighted by atomic mass is 19.1. The zero-order valence-corrected chi connectivity index (χ0v) is 12.3. The zero-order valence-electron chi connectivity index (χ0n) is 12.3. The summed E-state index contributed by atoms with van der Waals surface area (Å²) in [5.74, 6) is 0.0474. The number of rotatable bonds is 7. The average molecular weight is 302 g/mol. The minimum atomic E-state index is -1.50. The first-order valence-electron chi connectivity index (χ1n) is 7.03. The minimum absolute atomic E-state index is 0.399. The van der Waals surface area contributed by atoms with Crippen LogP contribution in [0.3, 0.4) is 0 Å². The first kappa shape index (κ1) is 16.0. The van der Waals surface area contributed by atoms with Gasteiger partial charge in [0.15, 0.2) is 0 Å². The molecule has 1 amide bonds. The number of halogens is 1. The van der Waals surface area contributed by atoms with E-state index in [1.165, 1.54) is 0 Å². The summed E-state index contributed by atoms with van der Waals surface area (Å²) < 4.78 is 19.2. The van der Waals surface area contributed by atoms with E-state index in [0.29, 0.717) is 17.9 Å². The van der Waals surface area contributed by atoms with Gasteiger partial charge in [-0.3, -0.25) is 4.79 Å². The Bertz CT molecular complexity index is 602. The summed E-state index contributed by atoms with van der Waals surface area (Å²) in [6.45, 7) is 2.20. The van der Waals surface area contributed by atoms with Crippen molar-refractivity contribution in [2.75, 3.05) is 0 Å². The van der Waals surface area contributed by atoms with Crippen LogP contribution in [-0.4, -0.2) is 11.9 Å². The van der Waals surface area contributed by atoms with Gasteiger partial charge in [0, 0.05) is 12.1 Å². The highest BCUT2D eigenvalue weighted by Crippen LogP contribution is 2.23. The molecule has 0 aliphatic carbocycles. The molecule has 0 spiro atoms. The SMILES string of the molecule is CC(NCc1ccc(O[C@@H](F)c2ccccc2)cc1)C(N)=O. The Morgan fingerprint density at radius 1 is 1.18 bits per heavy atom. The summed E-state index contributed by atoms with van der Waals surface area (Å²) >= 11 is 0. The second-order valence-electron chi connectivity index (χ2n) is 4.99.